The van der Waals surface area contributed by atoms with Gasteiger partial charge in [0, 0.05) is 44.7 Å². The summed E-state index contributed by atoms with van der Waals surface area (Å²) in [5.41, 5.74) is 2.15. The van der Waals surface area contributed by atoms with E-state index in [9.17, 15) is 18.0 Å². The van der Waals surface area contributed by atoms with Crippen molar-refractivity contribution in [3.63, 3.8) is 0 Å². The van der Waals surface area contributed by atoms with Crippen molar-refractivity contribution < 1.29 is 18.0 Å². The standard InChI is InChI=1S/C21H20ClF3N4O/c1-26-9-6-14-12-18(22)19(27-13-14)15-7-10-29(11-8-15)20(30)28-17-4-2-16(3-5-17)21(23,24)25/h2-5,7,9,12-13H,6,8,10-11H2,1H3,(H,28,30). The Labute approximate surface area is 177 Å². The van der Waals surface area contributed by atoms with E-state index >= 15 is 0 Å². The van der Waals surface area contributed by atoms with E-state index in [1.807, 2.05) is 12.1 Å². The van der Waals surface area contributed by atoms with Gasteiger partial charge in [-0.25, -0.2) is 4.79 Å². The van der Waals surface area contributed by atoms with Crippen molar-refractivity contribution in [2.24, 2.45) is 4.99 Å². The molecule has 1 aromatic carbocycles. The lowest BCUT2D eigenvalue weighted by Crippen LogP contribution is -2.38. The van der Waals surface area contributed by atoms with Crippen molar-refractivity contribution in [3.8, 4) is 0 Å². The number of aliphatic imine (C=N–C) groups is 1. The molecule has 0 fully saturated rings. The Morgan fingerprint density at radius 1 is 1.33 bits per heavy atom. The monoisotopic (exact) mass is 436 g/mol. The van der Waals surface area contributed by atoms with Gasteiger partial charge in [0.2, 0.25) is 0 Å². The summed E-state index contributed by atoms with van der Waals surface area (Å²) in [6.45, 7) is 0.796. The van der Waals surface area contributed by atoms with Crippen molar-refractivity contribution in [3.05, 3.63) is 64.4 Å². The third-order valence-corrected chi connectivity index (χ3v) is 4.96. The van der Waals surface area contributed by atoms with Gasteiger partial charge in [0.1, 0.15) is 0 Å². The molecule has 158 valence electrons. The number of hydrogen-bond donors (Lipinski definition) is 1. The topological polar surface area (TPSA) is 57.6 Å². The van der Waals surface area contributed by atoms with E-state index in [1.165, 1.54) is 12.1 Å². The number of benzene rings is 1. The molecule has 2 aromatic rings. The number of anilines is 1. The van der Waals surface area contributed by atoms with Gasteiger partial charge in [0.15, 0.2) is 0 Å². The minimum atomic E-state index is -4.41. The Bertz CT molecular complexity index is 971. The first-order chi connectivity index (χ1) is 14.3. The molecule has 0 saturated carbocycles. The Morgan fingerprint density at radius 3 is 2.63 bits per heavy atom. The second kappa shape index (κ2) is 9.30. The van der Waals surface area contributed by atoms with Crippen LogP contribution in [0.1, 0.15) is 23.2 Å². The quantitative estimate of drug-likeness (QED) is 0.659. The molecule has 0 bridgehead atoms. The second-order valence-corrected chi connectivity index (χ2v) is 7.16. The molecule has 1 N–H and O–H groups in total. The van der Waals surface area contributed by atoms with Gasteiger partial charge in [-0.15, -0.1) is 0 Å². The van der Waals surface area contributed by atoms with Crippen LogP contribution in [0.2, 0.25) is 5.02 Å². The highest BCUT2D eigenvalue weighted by molar-refractivity contribution is 6.32. The largest absolute Gasteiger partial charge is 0.416 e. The van der Waals surface area contributed by atoms with E-state index < -0.39 is 11.7 Å². The number of rotatable bonds is 4. The zero-order valence-electron chi connectivity index (χ0n) is 16.2. The zero-order valence-corrected chi connectivity index (χ0v) is 17.0. The van der Waals surface area contributed by atoms with Gasteiger partial charge in [0.25, 0.3) is 0 Å². The number of alkyl halides is 3. The van der Waals surface area contributed by atoms with Gasteiger partial charge < -0.3 is 15.2 Å². The summed E-state index contributed by atoms with van der Waals surface area (Å²) in [5.74, 6) is 0. The molecule has 1 aliphatic heterocycles. The van der Waals surface area contributed by atoms with Crippen LogP contribution < -0.4 is 5.32 Å². The molecule has 30 heavy (non-hydrogen) atoms. The number of carbonyl (C=O) groups is 1. The van der Waals surface area contributed by atoms with Crippen molar-refractivity contribution in [2.75, 3.05) is 25.5 Å². The van der Waals surface area contributed by atoms with Crippen LogP contribution in [0.5, 0.6) is 0 Å². The van der Waals surface area contributed by atoms with Crippen LogP contribution in [0.15, 0.2) is 47.6 Å². The zero-order chi connectivity index (χ0) is 21.7. The first kappa shape index (κ1) is 21.8. The van der Waals surface area contributed by atoms with Crippen LogP contribution in [-0.4, -0.2) is 42.3 Å². The minimum Gasteiger partial charge on any atom is -0.320 e. The molecule has 1 aromatic heterocycles. The molecule has 1 aliphatic rings. The summed E-state index contributed by atoms with van der Waals surface area (Å²) in [5, 5.41) is 3.17. The number of nitrogens with zero attached hydrogens (tertiary/aromatic N) is 3. The van der Waals surface area contributed by atoms with E-state index in [0.717, 1.165) is 23.3 Å². The Balaban J connectivity index is 1.62. The molecular weight excluding hydrogens is 417 g/mol. The number of hydrogen-bond acceptors (Lipinski definition) is 3. The number of amides is 2. The fraction of sp³-hybridized carbons (Fsp3) is 0.286. The van der Waals surface area contributed by atoms with Gasteiger partial charge in [-0.3, -0.25) is 4.98 Å². The number of nitrogens with one attached hydrogen (secondary N) is 1. The van der Waals surface area contributed by atoms with E-state index in [4.69, 9.17) is 11.6 Å². The summed E-state index contributed by atoms with van der Waals surface area (Å²) in [6.07, 6.45) is 2.24. The van der Waals surface area contributed by atoms with Crippen molar-refractivity contribution in [2.45, 2.75) is 19.0 Å². The summed E-state index contributed by atoms with van der Waals surface area (Å²) in [6, 6.07) is 5.83. The van der Waals surface area contributed by atoms with Gasteiger partial charge in [-0.1, -0.05) is 17.7 Å². The van der Waals surface area contributed by atoms with Gasteiger partial charge in [-0.2, -0.15) is 13.2 Å². The number of carbonyl (C=O) groups excluding carboxylic acids is 1. The fourth-order valence-corrected chi connectivity index (χ4v) is 3.35. The third kappa shape index (κ3) is 5.38. The summed E-state index contributed by atoms with van der Waals surface area (Å²) >= 11 is 6.37. The van der Waals surface area contributed by atoms with Crippen LogP contribution in [0.4, 0.5) is 23.7 Å². The first-order valence-electron chi connectivity index (χ1n) is 9.25. The second-order valence-electron chi connectivity index (χ2n) is 6.75. The van der Waals surface area contributed by atoms with Crippen LogP contribution >= 0.6 is 11.6 Å². The van der Waals surface area contributed by atoms with Crippen molar-refractivity contribution in [1.82, 2.24) is 9.88 Å². The van der Waals surface area contributed by atoms with E-state index in [2.05, 4.69) is 15.3 Å². The van der Waals surface area contributed by atoms with Gasteiger partial charge >= 0.3 is 12.2 Å². The molecule has 5 nitrogen and oxygen atoms in total. The molecule has 2 amide bonds. The molecule has 0 radical (unpaired) electrons. The van der Waals surface area contributed by atoms with Crippen LogP contribution in [0.3, 0.4) is 0 Å². The summed E-state index contributed by atoms with van der Waals surface area (Å²) in [4.78, 5) is 22.4. The van der Waals surface area contributed by atoms with Gasteiger partial charge in [0.05, 0.1) is 16.3 Å². The average Bonchev–Trinajstić information content (AvgIpc) is 2.72. The predicted molar refractivity (Wildman–Crippen MR) is 112 cm³/mol. The molecule has 0 unspecified atom stereocenters. The molecular formula is C21H20ClF3N4O. The molecule has 0 atom stereocenters. The minimum absolute atomic E-state index is 0.304. The molecule has 0 aliphatic carbocycles. The number of urea groups is 1. The normalized spacial score (nSPS) is 14.7. The third-order valence-electron chi connectivity index (χ3n) is 4.67. The lowest BCUT2D eigenvalue weighted by Gasteiger charge is -2.27. The summed E-state index contributed by atoms with van der Waals surface area (Å²) < 4.78 is 37.9. The lowest BCUT2D eigenvalue weighted by atomic mass is 10.0. The van der Waals surface area contributed by atoms with Crippen molar-refractivity contribution in [1.29, 1.82) is 0 Å². The Kier molecular flexibility index (Phi) is 6.77. The molecule has 0 spiro atoms. The smallest absolute Gasteiger partial charge is 0.320 e. The maximum absolute atomic E-state index is 12.6. The van der Waals surface area contributed by atoms with Crippen LogP contribution in [0.25, 0.3) is 5.57 Å². The van der Waals surface area contributed by atoms with E-state index in [0.29, 0.717) is 42.3 Å². The van der Waals surface area contributed by atoms with Gasteiger partial charge in [-0.05, 0) is 47.9 Å². The predicted octanol–water partition coefficient (Wildman–Crippen LogP) is 5.32. The van der Waals surface area contributed by atoms with Crippen molar-refractivity contribution >= 4 is 35.1 Å². The molecule has 3 rings (SSSR count). The highest BCUT2D eigenvalue weighted by Gasteiger charge is 2.30. The molecule has 2 heterocycles. The molecule has 0 saturated heterocycles. The van der Waals surface area contributed by atoms with Crippen LogP contribution in [0, 0.1) is 0 Å². The fourth-order valence-electron chi connectivity index (χ4n) is 3.04. The maximum atomic E-state index is 12.6. The Hall–Kier alpha value is -2.87. The number of halogens is 4. The maximum Gasteiger partial charge on any atom is 0.416 e. The summed E-state index contributed by atoms with van der Waals surface area (Å²) in [7, 11) is 1.70. The van der Waals surface area contributed by atoms with E-state index in [1.54, 1.807) is 24.4 Å². The highest BCUT2D eigenvalue weighted by Crippen LogP contribution is 2.30. The average molecular weight is 437 g/mol. The number of aromatic nitrogens is 1. The lowest BCUT2D eigenvalue weighted by molar-refractivity contribution is -0.137. The molecule has 9 heteroatoms. The van der Waals surface area contributed by atoms with Crippen LogP contribution in [-0.2, 0) is 12.6 Å². The van der Waals surface area contributed by atoms with E-state index in [-0.39, 0.29) is 6.03 Å². The Morgan fingerprint density at radius 2 is 2.07 bits per heavy atom. The SMILES string of the molecule is CN=CCc1cnc(C2=CCN(C(=O)Nc3ccc(C(F)(F)F)cc3)CC2)c(Cl)c1. The highest BCUT2D eigenvalue weighted by atomic mass is 35.5. The number of pyridine rings is 1. The first-order valence-corrected chi connectivity index (χ1v) is 9.63.